The van der Waals surface area contributed by atoms with Crippen molar-refractivity contribution in [2.45, 2.75) is 30.5 Å². The van der Waals surface area contributed by atoms with E-state index in [1.807, 2.05) is 11.8 Å². The maximum absolute atomic E-state index is 5.86. The van der Waals surface area contributed by atoms with Gasteiger partial charge >= 0.3 is 0 Å². The highest BCUT2D eigenvalue weighted by molar-refractivity contribution is 7.98. The topological polar surface area (TPSA) is 43.8 Å². The van der Waals surface area contributed by atoms with Crippen molar-refractivity contribution < 1.29 is 0 Å². The molecular formula is C8H11N3S. The quantitative estimate of drug-likeness (QED) is 0.634. The Balaban J connectivity index is 2.12. The summed E-state index contributed by atoms with van der Waals surface area (Å²) < 4.78 is 2.32. The van der Waals surface area contributed by atoms with Gasteiger partial charge in [0.25, 0.3) is 0 Å². The maximum Gasteiger partial charge on any atom is 0.110 e. The first-order chi connectivity index (χ1) is 5.84. The molecule has 0 saturated heterocycles. The number of fused-ring (bicyclic) bond motifs is 3. The second kappa shape index (κ2) is 2.26. The summed E-state index contributed by atoms with van der Waals surface area (Å²) in [6, 6.07) is 0.309. The van der Waals surface area contributed by atoms with Crippen LogP contribution in [0.2, 0.25) is 0 Å². The van der Waals surface area contributed by atoms with Crippen LogP contribution >= 0.6 is 11.8 Å². The third-order valence-corrected chi connectivity index (χ3v) is 3.53. The number of imidazole rings is 1. The SMILES string of the molecule is NC1Cc2nc3c(n2C1)CSC3. The highest BCUT2D eigenvalue weighted by atomic mass is 32.2. The Bertz CT molecular complexity index is 331. The van der Waals surface area contributed by atoms with E-state index < -0.39 is 0 Å². The number of hydrogen-bond donors (Lipinski definition) is 1. The molecule has 0 bridgehead atoms. The van der Waals surface area contributed by atoms with Gasteiger partial charge in [0.15, 0.2) is 0 Å². The first-order valence-corrected chi connectivity index (χ1v) is 5.40. The largest absolute Gasteiger partial charge is 0.329 e. The van der Waals surface area contributed by atoms with Crippen LogP contribution in [0, 0.1) is 0 Å². The highest BCUT2D eigenvalue weighted by Crippen LogP contribution is 2.32. The normalized spacial score (nSPS) is 25.9. The molecule has 3 nitrogen and oxygen atoms in total. The monoisotopic (exact) mass is 181 g/mol. The lowest BCUT2D eigenvalue weighted by Gasteiger charge is -2.01. The number of rotatable bonds is 0. The zero-order chi connectivity index (χ0) is 8.13. The zero-order valence-corrected chi connectivity index (χ0v) is 7.60. The lowest BCUT2D eigenvalue weighted by atomic mass is 10.2. The van der Waals surface area contributed by atoms with E-state index in [-0.39, 0.29) is 0 Å². The molecule has 3 rings (SSSR count). The number of nitrogens with zero attached hydrogens (tertiary/aromatic N) is 2. The molecule has 64 valence electrons. The molecular weight excluding hydrogens is 170 g/mol. The van der Waals surface area contributed by atoms with Gasteiger partial charge in [-0.1, -0.05) is 0 Å². The van der Waals surface area contributed by atoms with Crippen molar-refractivity contribution in [1.29, 1.82) is 0 Å². The van der Waals surface area contributed by atoms with Crippen molar-refractivity contribution in [1.82, 2.24) is 9.55 Å². The van der Waals surface area contributed by atoms with Crippen LogP contribution in [-0.2, 0) is 24.5 Å². The van der Waals surface area contributed by atoms with Crippen LogP contribution in [-0.4, -0.2) is 15.6 Å². The lowest BCUT2D eigenvalue weighted by molar-refractivity contribution is 0.629. The van der Waals surface area contributed by atoms with Gasteiger partial charge in [0.1, 0.15) is 5.82 Å². The maximum atomic E-state index is 5.86. The Morgan fingerprint density at radius 2 is 2.42 bits per heavy atom. The Morgan fingerprint density at radius 1 is 1.50 bits per heavy atom. The Kier molecular flexibility index (Phi) is 1.32. The fraction of sp³-hybridized carbons (Fsp3) is 0.625. The fourth-order valence-corrected chi connectivity index (χ4v) is 3.06. The molecule has 1 atom stereocenters. The smallest absolute Gasteiger partial charge is 0.110 e. The van der Waals surface area contributed by atoms with Gasteiger partial charge in [0.05, 0.1) is 11.4 Å². The second-order valence-corrected chi connectivity index (χ2v) is 4.47. The average Bonchev–Trinajstić information content (AvgIpc) is 2.59. The summed E-state index contributed by atoms with van der Waals surface area (Å²) in [5, 5.41) is 0. The summed E-state index contributed by atoms with van der Waals surface area (Å²) in [7, 11) is 0. The Hall–Kier alpha value is -0.480. The van der Waals surface area contributed by atoms with E-state index in [0.717, 1.165) is 24.5 Å². The van der Waals surface area contributed by atoms with Crippen molar-refractivity contribution in [3.8, 4) is 0 Å². The van der Waals surface area contributed by atoms with Gasteiger partial charge in [0.2, 0.25) is 0 Å². The first-order valence-electron chi connectivity index (χ1n) is 4.25. The van der Waals surface area contributed by atoms with E-state index in [1.54, 1.807) is 0 Å². The van der Waals surface area contributed by atoms with E-state index in [2.05, 4.69) is 9.55 Å². The van der Waals surface area contributed by atoms with Crippen LogP contribution in [0.4, 0.5) is 0 Å². The van der Waals surface area contributed by atoms with Gasteiger partial charge in [-0.15, -0.1) is 11.8 Å². The minimum atomic E-state index is 0.309. The molecule has 1 aromatic heterocycles. The molecule has 0 aliphatic carbocycles. The molecule has 2 aliphatic rings. The van der Waals surface area contributed by atoms with Gasteiger partial charge in [0, 0.05) is 30.5 Å². The predicted molar refractivity (Wildman–Crippen MR) is 48.9 cm³/mol. The summed E-state index contributed by atoms with van der Waals surface area (Å²) in [6.07, 6.45) is 0.970. The van der Waals surface area contributed by atoms with Gasteiger partial charge in [-0.05, 0) is 0 Å². The standard InChI is InChI=1S/C8H11N3S/c9-5-1-8-10-6-3-12-4-7(6)11(8)2-5/h5H,1-4,9H2. The van der Waals surface area contributed by atoms with E-state index in [4.69, 9.17) is 5.73 Å². The van der Waals surface area contributed by atoms with Gasteiger partial charge in [-0.3, -0.25) is 0 Å². The average molecular weight is 181 g/mol. The molecule has 1 aromatic rings. The number of aromatic nitrogens is 2. The van der Waals surface area contributed by atoms with Gasteiger partial charge in [-0.2, -0.15) is 0 Å². The minimum Gasteiger partial charge on any atom is -0.329 e. The van der Waals surface area contributed by atoms with Crippen molar-refractivity contribution in [3.63, 3.8) is 0 Å². The molecule has 2 N–H and O–H groups in total. The van der Waals surface area contributed by atoms with Crippen molar-refractivity contribution in [2.24, 2.45) is 5.73 Å². The molecule has 12 heavy (non-hydrogen) atoms. The van der Waals surface area contributed by atoms with Crippen LogP contribution in [0.3, 0.4) is 0 Å². The molecule has 2 aliphatic heterocycles. The number of thioether (sulfide) groups is 1. The van der Waals surface area contributed by atoms with Crippen molar-refractivity contribution in [2.75, 3.05) is 0 Å². The van der Waals surface area contributed by atoms with E-state index >= 15 is 0 Å². The van der Waals surface area contributed by atoms with Crippen LogP contribution in [0.15, 0.2) is 0 Å². The molecule has 0 fully saturated rings. The molecule has 3 heterocycles. The van der Waals surface area contributed by atoms with E-state index in [1.165, 1.54) is 17.2 Å². The van der Waals surface area contributed by atoms with Gasteiger partial charge in [-0.25, -0.2) is 4.98 Å². The fourth-order valence-electron chi connectivity index (χ4n) is 2.02. The van der Waals surface area contributed by atoms with Crippen molar-refractivity contribution in [3.05, 3.63) is 17.2 Å². The van der Waals surface area contributed by atoms with Crippen LogP contribution < -0.4 is 5.73 Å². The Labute approximate surface area is 75.3 Å². The highest BCUT2D eigenvalue weighted by Gasteiger charge is 2.27. The summed E-state index contributed by atoms with van der Waals surface area (Å²) in [4.78, 5) is 4.58. The minimum absolute atomic E-state index is 0.309. The Morgan fingerprint density at radius 3 is 3.33 bits per heavy atom. The van der Waals surface area contributed by atoms with Gasteiger partial charge < -0.3 is 10.3 Å². The van der Waals surface area contributed by atoms with Crippen LogP contribution in [0.25, 0.3) is 0 Å². The molecule has 0 amide bonds. The molecule has 0 radical (unpaired) electrons. The third-order valence-electron chi connectivity index (χ3n) is 2.57. The van der Waals surface area contributed by atoms with Crippen LogP contribution in [0.5, 0.6) is 0 Å². The van der Waals surface area contributed by atoms with Crippen LogP contribution in [0.1, 0.15) is 17.2 Å². The van der Waals surface area contributed by atoms with Crippen molar-refractivity contribution >= 4 is 11.8 Å². The summed E-state index contributed by atoms with van der Waals surface area (Å²) in [6.45, 7) is 0.984. The predicted octanol–water partition coefficient (Wildman–Crippen LogP) is 0.513. The summed E-state index contributed by atoms with van der Waals surface area (Å²) in [5.74, 6) is 3.45. The molecule has 4 heteroatoms. The lowest BCUT2D eigenvalue weighted by Crippen LogP contribution is -2.21. The first kappa shape index (κ1) is 6.97. The summed E-state index contributed by atoms with van der Waals surface area (Å²) >= 11 is 1.95. The second-order valence-electron chi connectivity index (χ2n) is 3.49. The zero-order valence-electron chi connectivity index (χ0n) is 6.79. The molecule has 0 aromatic carbocycles. The number of hydrogen-bond acceptors (Lipinski definition) is 3. The van der Waals surface area contributed by atoms with E-state index in [9.17, 15) is 0 Å². The molecule has 0 spiro atoms. The molecule has 0 saturated carbocycles. The third kappa shape index (κ3) is 0.793. The summed E-state index contributed by atoms with van der Waals surface area (Å²) in [5.41, 5.74) is 8.60. The molecule has 1 unspecified atom stereocenters. The number of nitrogens with two attached hydrogens (primary N) is 1. The van der Waals surface area contributed by atoms with E-state index in [0.29, 0.717) is 6.04 Å².